The van der Waals surface area contributed by atoms with Gasteiger partial charge < -0.3 is 40.0 Å². The zero-order chi connectivity index (χ0) is 52.1. The number of aliphatic hydroxyl groups is 4. The van der Waals surface area contributed by atoms with Crippen molar-refractivity contribution in [1.82, 2.24) is 19.6 Å². The maximum Gasteiger partial charge on any atom is 0.255 e. The lowest BCUT2D eigenvalue weighted by atomic mass is 9.65. The highest BCUT2D eigenvalue weighted by atomic mass is 19.3. The molecule has 380 valence electrons. The zero-order valence-electron chi connectivity index (χ0n) is 44.8. The molecule has 4 N–H and O–H groups in total. The molecule has 4 heterocycles. The predicted octanol–water partition coefficient (Wildman–Crippen LogP) is 6.81. The van der Waals surface area contributed by atoms with Crippen LogP contribution in [0.4, 0.5) is 8.78 Å². The van der Waals surface area contributed by atoms with Gasteiger partial charge in [-0.2, -0.15) is 0 Å². The van der Waals surface area contributed by atoms with Crippen molar-refractivity contribution in [2.45, 2.75) is 199 Å². The van der Waals surface area contributed by atoms with Crippen LogP contribution in [0.1, 0.15) is 164 Å². The molecule has 0 aromatic heterocycles. The summed E-state index contributed by atoms with van der Waals surface area (Å²) in [4.78, 5) is 65.0. The first-order valence-electron chi connectivity index (χ1n) is 23.3. The Morgan fingerprint density at radius 2 is 0.938 bits per heavy atom. The lowest BCUT2D eigenvalue weighted by Crippen LogP contribution is -2.52. The largest absolute Gasteiger partial charge is 0.382 e. The molecule has 65 heavy (non-hydrogen) atoms. The highest BCUT2D eigenvalue weighted by molar-refractivity contribution is 5.94. The molecule has 1 saturated carbocycles. The average molecular weight is 931 g/mol. The molecule has 5 rings (SSSR count). The van der Waals surface area contributed by atoms with Crippen LogP contribution in [0.15, 0.2) is 0 Å². The summed E-state index contributed by atoms with van der Waals surface area (Å²) in [6, 6.07) is 0.136. The first kappa shape index (κ1) is 60.3. The van der Waals surface area contributed by atoms with Crippen molar-refractivity contribution in [1.29, 1.82) is 0 Å². The number of carbonyl (C=O) groups is 5. The van der Waals surface area contributed by atoms with Crippen molar-refractivity contribution in [2.24, 2.45) is 43.8 Å². The number of likely N-dealkylation sites (N-methyl/N-ethyl adjacent to an activating group) is 3. The molecule has 4 aliphatic heterocycles. The standard InChI is InChI=1S/C11H20O2.C10H17F2NO.2C10H19NO2.C9H17NO2/c1-9(2,3)11(13)7-6-10(4,5)8(11)12;1-9(2,3)10(7(11)12)5-6-13(4)8(10)14;1-7-6-11(5)8(12)10(7,13)9(2,3)4;1-7-6-10(13,9(2,3)4)8(12)11(7)5;1-8(2,3)9(12)5-6-10(4)7(9)11/h13H,6-7H2,1-5H3;7H,5-6H2,1-4H3;2*7,13H,6H2,1-5H3;12H,5-6H2,1-4H3. The Hall–Kier alpha value is -2.75. The number of rotatable bonds is 1. The van der Waals surface area contributed by atoms with E-state index in [1.807, 2.05) is 111 Å². The van der Waals surface area contributed by atoms with Gasteiger partial charge in [0.1, 0.15) is 22.2 Å². The second-order valence-corrected chi connectivity index (χ2v) is 25.6. The molecule has 1 aliphatic carbocycles. The molecule has 4 saturated heterocycles. The number of hydrogen-bond acceptors (Lipinski definition) is 9. The van der Waals surface area contributed by atoms with Gasteiger partial charge in [-0.15, -0.1) is 0 Å². The first-order valence-corrected chi connectivity index (χ1v) is 23.3. The van der Waals surface area contributed by atoms with Crippen LogP contribution >= 0.6 is 0 Å². The molecule has 7 atom stereocenters. The van der Waals surface area contributed by atoms with Crippen LogP contribution < -0.4 is 0 Å². The van der Waals surface area contributed by atoms with E-state index in [9.17, 15) is 53.2 Å². The van der Waals surface area contributed by atoms with Crippen molar-refractivity contribution >= 4 is 29.4 Å². The number of amides is 4. The van der Waals surface area contributed by atoms with Crippen LogP contribution in [0, 0.1) is 43.8 Å². The average Bonchev–Trinajstić information content (AvgIpc) is 3.80. The number of carbonyl (C=O) groups excluding carboxylic acids is 5. The minimum absolute atomic E-state index is 0.00463. The molecule has 0 aromatic carbocycles. The second-order valence-electron chi connectivity index (χ2n) is 25.6. The maximum atomic E-state index is 13.1. The quantitative estimate of drug-likeness (QED) is 0.220. The summed E-state index contributed by atoms with van der Waals surface area (Å²) >= 11 is 0. The third-order valence-corrected chi connectivity index (χ3v) is 15.6. The highest BCUT2D eigenvalue weighted by Gasteiger charge is 2.61. The zero-order valence-corrected chi connectivity index (χ0v) is 44.8. The van der Waals surface area contributed by atoms with Crippen molar-refractivity contribution < 1.29 is 53.2 Å². The van der Waals surface area contributed by atoms with E-state index >= 15 is 0 Å². The van der Waals surface area contributed by atoms with Gasteiger partial charge in [0.15, 0.2) is 11.4 Å². The molecule has 15 heteroatoms. The van der Waals surface area contributed by atoms with Gasteiger partial charge in [-0.3, -0.25) is 24.0 Å². The molecule has 0 bridgehead atoms. The minimum Gasteiger partial charge on any atom is -0.382 e. The Labute approximate surface area is 391 Å². The van der Waals surface area contributed by atoms with Crippen LogP contribution in [0.3, 0.4) is 0 Å². The Kier molecular flexibility index (Phi) is 17.9. The normalized spacial score (nSPS) is 33.1. The van der Waals surface area contributed by atoms with Gasteiger partial charge in [0.2, 0.25) is 5.91 Å². The summed E-state index contributed by atoms with van der Waals surface area (Å²) in [5, 5.41) is 40.9. The van der Waals surface area contributed by atoms with Crippen LogP contribution in [0.2, 0.25) is 0 Å². The molecule has 5 fully saturated rings. The maximum absolute atomic E-state index is 13.1. The number of nitrogens with zero attached hydrogens (tertiary/aromatic N) is 4. The van der Waals surface area contributed by atoms with E-state index in [-0.39, 0.29) is 63.5 Å². The molecule has 7 unspecified atom stereocenters. The SMILES string of the molecule is CC1(C)CCC(O)(C(C)(C)C)C1=O.CC1CC(O)(C(C)(C)C)C(=O)N1C.CC1CN(C)C(=O)C1(O)C(C)(C)C.CN1CCC(C(F)F)(C(C)(C)C)C1=O.CN1CCC(O)(C(C)(C)C)C1=O. The van der Waals surface area contributed by atoms with Gasteiger partial charge in [0.05, 0.1) is 0 Å². The summed E-state index contributed by atoms with van der Waals surface area (Å²) in [5.74, 6) is -0.840. The Bertz CT molecular complexity index is 1720. The number of alkyl halides is 2. The summed E-state index contributed by atoms with van der Waals surface area (Å²) in [7, 11) is 6.80. The molecule has 0 spiro atoms. The number of Topliss-reactive ketones (excluding diaryl/α,β-unsaturated/α-hetero) is 1. The van der Waals surface area contributed by atoms with E-state index in [1.165, 1.54) is 4.90 Å². The minimum atomic E-state index is -2.58. The summed E-state index contributed by atoms with van der Waals surface area (Å²) in [6.07, 6.45) is 0.142. The third kappa shape index (κ3) is 11.2. The summed E-state index contributed by atoms with van der Waals surface area (Å²) in [5.41, 5.74) is -8.65. The Morgan fingerprint density at radius 1 is 0.523 bits per heavy atom. The van der Waals surface area contributed by atoms with E-state index in [0.29, 0.717) is 38.9 Å². The highest BCUT2D eigenvalue weighted by Crippen LogP contribution is 2.51. The summed E-state index contributed by atoms with van der Waals surface area (Å²) in [6.45, 7) is 37.4. The topological polar surface area (TPSA) is 179 Å². The van der Waals surface area contributed by atoms with Gasteiger partial charge >= 0.3 is 0 Å². The van der Waals surface area contributed by atoms with Gasteiger partial charge in [-0.05, 0) is 47.8 Å². The summed E-state index contributed by atoms with van der Waals surface area (Å²) < 4.78 is 26.1. The monoisotopic (exact) mass is 931 g/mol. The first-order chi connectivity index (χ1) is 28.5. The third-order valence-electron chi connectivity index (χ3n) is 15.6. The van der Waals surface area contributed by atoms with E-state index in [2.05, 4.69) is 0 Å². The number of likely N-dealkylation sites (tertiary alicyclic amines) is 4. The molecule has 5 aliphatic rings. The van der Waals surface area contributed by atoms with Gasteiger partial charge in [-0.25, -0.2) is 8.78 Å². The molecular formula is C50H92F2N4O9. The van der Waals surface area contributed by atoms with E-state index in [0.717, 1.165) is 6.42 Å². The van der Waals surface area contributed by atoms with Gasteiger partial charge in [0.25, 0.3) is 24.1 Å². The van der Waals surface area contributed by atoms with Crippen LogP contribution in [-0.4, -0.2) is 152 Å². The van der Waals surface area contributed by atoms with E-state index in [4.69, 9.17) is 0 Å². The lowest BCUT2D eigenvalue weighted by Gasteiger charge is -2.38. The molecule has 0 aromatic rings. The Morgan fingerprint density at radius 3 is 1.09 bits per heavy atom. The van der Waals surface area contributed by atoms with Crippen molar-refractivity contribution in [3.63, 3.8) is 0 Å². The fourth-order valence-corrected chi connectivity index (χ4v) is 9.62. The molecular weight excluding hydrogens is 839 g/mol. The van der Waals surface area contributed by atoms with Crippen LogP contribution in [0.5, 0.6) is 0 Å². The predicted molar refractivity (Wildman–Crippen MR) is 252 cm³/mol. The van der Waals surface area contributed by atoms with Gasteiger partial charge in [0, 0.05) is 83.5 Å². The number of ketones is 1. The molecule has 0 radical (unpaired) electrons. The van der Waals surface area contributed by atoms with Crippen molar-refractivity contribution in [3.05, 3.63) is 0 Å². The lowest BCUT2D eigenvalue weighted by molar-refractivity contribution is -0.157. The van der Waals surface area contributed by atoms with E-state index in [1.54, 1.807) is 63.7 Å². The van der Waals surface area contributed by atoms with Crippen LogP contribution in [-0.2, 0) is 24.0 Å². The smallest absolute Gasteiger partial charge is 0.255 e. The number of halogens is 2. The van der Waals surface area contributed by atoms with Crippen molar-refractivity contribution in [2.75, 3.05) is 47.8 Å². The number of hydrogen-bond donors (Lipinski definition) is 4. The Balaban J connectivity index is 0.000000407. The van der Waals surface area contributed by atoms with Gasteiger partial charge in [-0.1, -0.05) is 125 Å². The fraction of sp³-hybridized carbons (Fsp3) is 0.900. The van der Waals surface area contributed by atoms with E-state index < -0.39 is 51.0 Å². The molecule has 4 amide bonds. The molecule has 13 nitrogen and oxygen atoms in total. The second kappa shape index (κ2) is 19.3. The van der Waals surface area contributed by atoms with Crippen LogP contribution in [0.25, 0.3) is 0 Å². The fourth-order valence-electron chi connectivity index (χ4n) is 9.62. The van der Waals surface area contributed by atoms with Crippen molar-refractivity contribution in [3.8, 4) is 0 Å².